The molecule has 0 spiro atoms. The maximum atomic E-state index is 15.4. The molecule has 0 bridgehead atoms. The second-order valence-electron chi connectivity index (χ2n) is 6.33. The maximum absolute atomic E-state index is 15.4. The molecular weight excluding hydrogens is 273 g/mol. The van der Waals surface area contributed by atoms with Gasteiger partial charge >= 0.3 is 0 Å². The zero-order valence-corrected chi connectivity index (χ0v) is 12.8. The van der Waals surface area contributed by atoms with E-state index in [1.54, 1.807) is 0 Å². The second kappa shape index (κ2) is 5.36. The molecular formula is C20H20FN. The van der Waals surface area contributed by atoms with E-state index >= 15 is 4.39 Å². The summed E-state index contributed by atoms with van der Waals surface area (Å²) in [7, 11) is 0. The van der Waals surface area contributed by atoms with Crippen LogP contribution in [0.15, 0.2) is 60.4 Å². The van der Waals surface area contributed by atoms with Gasteiger partial charge in [0.05, 0.1) is 6.04 Å². The molecule has 2 aromatic carbocycles. The molecule has 1 nitrogen and oxygen atoms in total. The van der Waals surface area contributed by atoms with Crippen molar-refractivity contribution in [3.05, 3.63) is 77.1 Å². The van der Waals surface area contributed by atoms with Gasteiger partial charge in [0, 0.05) is 12.6 Å². The Labute approximate surface area is 131 Å². The molecule has 0 aliphatic carbocycles. The quantitative estimate of drug-likeness (QED) is 0.733. The first-order chi connectivity index (χ1) is 10.8. The first-order valence-corrected chi connectivity index (χ1v) is 8.03. The van der Waals surface area contributed by atoms with Crippen LogP contribution >= 0.6 is 0 Å². The minimum atomic E-state index is -0.205. The van der Waals surface area contributed by atoms with Gasteiger partial charge in [-0.1, -0.05) is 54.6 Å². The third-order valence-electron chi connectivity index (χ3n) is 5.04. The van der Waals surface area contributed by atoms with E-state index in [0.717, 1.165) is 36.1 Å². The number of hydrogen-bond donors (Lipinski definition) is 0. The molecule has 2 aliphatic heterocycles. The zero-order chi connectivity index (χ0) is 15.1. The summed E-state index contributed by atoms with van der Waals surface area (Å²) < 4.78 is 15.4. The van der Waals surface area contributed by atoms with Gasteiger partial charge in [-0.05, 0) is 42.0 Å². The molecule has 2 atom stereocenters. The Balaban J connectivity index is 1.87. The van der Waals surface area contributed by atoms with Crippen molar-refractivity contribution in [2.75, 3.05) is 6.54 Å². The highest BCUT2D eigenvalue weighted by Gasteiger charge is 2.38. The third-order valence-corrected chi connectivity index (χ3v) is 5.04. The lowest BCUT2D eigenvalue weighted by Crippen LogP contribution is -2.44. The van der Waals surface area contributed by atoms with E-state index in [9.17, 15) is 0 Å². The normalized spacial score (nSPS) is 24.8. The van der Waals surface area contributed by atoms with Crippen molar-refractivity contribution < 1.29 is 4.39 Å². The van der Waals surface area contributed by atoms with E-state index in [0.29, 0.717) is 6.04 Å². The molecule has 4 rings (SSSR count). The van der Waals surface area contributed by atoms with Gasteiger partial charge in [0.15, 0.2) is 0 Å². The van der Waals surface area contributed by atoms with Gasteiger partial charge in [-0.15, -0.1) is 0 Å². The van der Waals surface area contributed by atoms with Gasteiger partial charge in [-0.2, -0.15) is 0 Å². The summed E-state index contributed by atoms with van der Waals surface area (Å²) >= 11 is 0. The number of hydrogen-bond acceptors (Lipinski definition) is 1. The molecule has 0 unspecified atom stereocenters. The first-order valence-electron chi connectivity index (χ1n) is 8.03. The van der Waals surface area contributed by atoms with E-state index in [2.05, 4.69) is 30.0 Å². The Morgan fingerprint density at radius 1 is 1.00 bits per heavy atom. The van der Waals surface area contributed by atoms with Gasteiger partial charge in [-0.25, -0.2) is 4.39 Å². The number of nitrogens with zero attached hydrogens (tertiary/aromatic N) is 1. The summed E-state index contributed by atoms with van der Waals surface area (Å²) in [6.07, 6.45) is 1.81. The largest absolute Gasteiger partial charge is 0.287 e. The number of benzene rings is 2. The summed E-state index contributed by atoms with van der Waals surface area (Å²) in [5.74, 6) is 0.0384. The summed E-state index contributed by atoms with van der Waals surface area (Å²) in [4.78, 5) is 2.32. The molecule has 0 saturated heterocycles. The van der Waals surface area contributed by atoms with E-state index in [4.69, 9.17) is 0 Å². The molecule has 0 radical (unpaired) electrons. The Morgan fingerprint density at radius 2 is 1.73 bits per heavy atom. The van der Waals surface area contributed by atoms with Gasteiger partial charge < -0.3 is 0 Å². The standard InChI is InChI=1S/C20H20FN/c1-14-13-18(15-7-3-2-4-8-15)19(21)20-17-10-6-5-9-16(17)11-12-22(14)20/h2-10,14,20H,11-13H2,1H3/t14-,20+/m0/s1. The van der Waals surface area contributed by atoms with Crippen molar-refractivity contribution in [2.24, 2.45) is 0 Å². The minimum Gasteiger partial charge on any atom is -0.287 e. The lowest BCUT2D eigenvalue weighted by molar-refractivity contribution is 0.129. The molecule has 0 saturated carbocycles. The Bertz CT molecular complexity index is 719. The SMILES string of the molecule is C[C@H]1CC(c2ccccc2)=C(F)[C@H]2c3ccccc3CCN12. The maximum Gasteiger partial charge on any atom is 0.125 e. The molecule has 0 aromatic heterocycles. The summed E-state index contributed by atoms with van der Waals surface area (Å²) in [5.41, 5.74) is 4.34. The van der Waals surface area contributed by atoms with E-state index in [1.807, 2.05) is 36.4 Å². The van der Waals surface area contributed by atoms with Crippen molar-refractivity contribution in [2.45, 2.75) is 31.8 Å². The molecule has 0 fully saturated rings. The van der Waals surface area contributed by atoms with E-state index in [1.165, 1.54) is 5.56 Å². The average Bonchev–Trinajstić information content (AvgIpc) is 2.58. The lowest BCUT2D eigenvalue weighted by atomic mass is 9.83. The summed E-state index contributed by atoms with van der Waals surface area (Å²) in [6.45, 7) is 3.16. The van der Waals surface area contributed by atoms with Gasteiger partial charge in [0.1, 0.15) is 5.83 Å². The van der Waals surface area contributed by atoms with Crippen LogP contribution in [0.2, 0.25) is 0 Å². The van der Waals surface area contributed by atoms with Crippen LogP contribution in [0, 0.1) is 0 Å². The van der Waals surface area contributed by atoms with Crippen LogP contribution in [0.5, 0.6) is 0 Å². The molecule has 2 heterocycles. The van der Waals surface area contributed by atoms with Gasteiger partial charge in [0.2, 0.25) is 0 Å². The van der Waals surface area contributed by atoms with Crippen LogP contribution < -0.4 is 0 Å². The van der Waals surface area contributed by atoms with Crippen LogP contribution in [-0.4, -0.2) is 17.5 Å². The van der Waals surface area contributed by atoms with Gasteiger partial charge in [0.25, 0.3) is 0 Å². The third kappa shape index (κ3) is 2.10. The highest BCUT2D eigenvalue weighted by atomic mass is 19.1. The van der Waals surface area contributed by atoms with Crippen molar-refractivity contribution in [1.29, 1.82) is 0 Å². The Kier molecular flexibility index (Phi) is 3.34. The fraction of sp³-hybridized carbons (Fsp3) is 0.300. The second-order valence-corrected chi connectivity index (χ2v) is 6.33. The van der Waals surface area contributed by atoms with Crippen LogP contribution in [0.25, 0.3) is 5.57 Å². The van der Waals surface area contributed by atoms with E-state index < -0.39 is 0 Å². The predicted octanol–water partition coefficient (Wildman–Crippen LogP) is 4.76. The average molecular weight is 293 g/mol. The summed E-state index contributed by atoms with van der Waals surface area (Å²) in [6, 6.07) is 18.5. The van der Waals surface area contributed by atoms with Crippen molar-refractivity contribution >= 4 is 5.57 Å². The smallest absolute Gasteiger partial charge is 0.125 e. The Hall–Kier alpha value is -1.93. The van der Waals surface area contributed by atoms with Crippen molar-refractivity contribution in [3.8, 4) is 0 Å². The fourth-order valence-electron chi connectivity index (χ4n) is 3.91. The molecule has 2 heteroatoms. The summed E-state index contributed by atoms with van der Waals surface area (Å²) in [5, 5.41) is 0. The molecule has 112 valence electrons. The predicted molar refractivity (Wildman–Crippen MR) is 88.1 cm³/mol. The van der Waals surface area contributed by atoms with Crippen molar-refractivity contribution in [1.82, 2.24) is 4.90 Å². The van der Waals surface area contributed by atoms with Crippen molar-refractivity contribution in [3.63, 3.8) is 0 Å². The van der Waals surface area contributed by atoms with Crippen LogP contribution in [0.1, 0.15) is 36.1 Å². The molecule has 2 aromatic rings. The topological polar surface area (TPSA) is 3.24 Å². The number of rotatable bonds is 1. The zero-order valence-electron chi connectivity index (χ0n) is 12.8. The number of halogens is 1. The Morgan fingerprint density at radius 3 is 2.55 bits per heavy atom. The lowest BCUT2D eigenvalue weighted by Gasteiger charge is -2.44. The minimum absolute atomic E-state index is 0.0384. The van der Waals surface area contributed by atoms with E-state index in [-0.39, 0.29) is 11.9 Å². The highest BCUT2D eigenvalue weighted by molar-refractivity contribution is 5.70. The van der Waals surface area contributed by atoms with Crippen LogP contribution in [-0.2, 0) is 6.42 Å². The monoisotopic (exact) mass is 293 g/mol. The van der Waals surface area contributed by atoms with Crippen LogP contribution in [0.4, 0.5) is 4.39 Å². The van der Waals surface area contributed by atoms with Crippen LogP contribution in [0.3, 0.4) is 0 Å². The molecule has 0 amide bonds. The fourth-order valence-corrected chi connectivity index (χ4v) is 3.91. The number of fused-ring (bicyclic) bond motifs is 3. The molecule has 22 heavy (non-hydrogen) atoms. The highest BCUT2D eigenvalue weighted by Crippen LogP contribution is 2.45. The molecule has 0 N–H and O–H groups in total. The first kappa shape index (κ1) is 13.7. The molecule has 2 aliphatic rings. The van der Waals surface area contributed by atoms with Gasteiger partial charge in [-0.3, -0.25) is 4.90 Å².